The van der Waals surface area contributed by atoms with Crippen LogP contribution in [-0.4, -0.2) is 48.8 Å². The summed E-state index contributed by atoms with van der Waals surface area (Å²) in [6, 6.07) is 10.4. The number of ketones is 1. The Labute approximate surface area is 181 Å². The highest BCUT2D eigenvalue weighted by atomic mass is 16.6. The minimum Gasteiger partial charge on any atom is -0.486 e. The molecule has 0 bridgehead atoms. The zero-order valence-electron chi connectivity index (χ0n) is 17.6. The van der Waals surface area contributed by atoms with Crippen LogP contribution in [0.5, 0.6) is 11.5 Å². The summed E-state index contributed by atoms with van der Waals surface area (Å²) in [6.45, 7) is 4.32. The summed E-state index contributed by atoms with van der Waals surface area (Å²) in [4.78, 5) is 39.6. The fourth-order valence-corrected chi connectivity index (χ4v) is 3.89. The molecule has 7 nitrogen and oxygen atoms in total. The number of Topliss-reactive ketones (excluding diaryl/α,β-unsaturated/α-hetero) is 1. The smallest absolute Gasteiger partial charge is 0.254 e. The predicted molar refractivity (Wildman–Crippen MR) is 116 cm³/mol. The Hall–Kier alpha value is -3.35. The minimum atomic E-state index is -0.264. The molecule has 2 aliphatic heterocycles. The second-order valence-corrected chi connectivity index (χ2v) is 7.81. The van der Waals surface area contributed by atoms with Crippen LogP contribution in [0.4, 0.5) is 5.69 Å². The fraction of sp³-hybridized carbons (Fsp3) is 0.375. The van der Waals surface area contributed by atoms with Crippen LogP contribution in [0.1, 0.15) is 52.0 Å². The summed E-state index contributed by atoms with van der Waals surface area (Å²) in [5.74, 6) is 0.775. The number of likely N-dealkylation sites (tertiary alicyclic amines) is 1. The zero-order valence-corrected chi connectivity index (χ0v) is 17.6. The average Bonchev–Trinajstić information content (AvgIpc) is 3.33. The summed E-state index contributed by atoms with van der Waals surface area (Å²) >= 11 is 0. The summed E-state index contributed by atoms with van der Waals surface area (Å²) < 4.78 is 11.0. The third kappa shape index (κ3) is 4.71. The van der Waals surface area contributed by atoms with E-state index in [-0.39, 0.29) is 30.4 Å². The van der Waals surface area contributed by atoms with Crippen molar-refractivity contribution in [2.45, 2.75) is 32.6 Å². The first-order chi connectivity index (χ1) is 15.0. The highest BCUT2D eigenvalue weighted by molar-refractivity contribution is 6.02. The lowest BCUT2D eigenvalue weighted by Crippen LogP contribution is -2.28. The normalized spacial score (nSPS) is 14.9. The van der Waals surface area contributed by atoms with E-state index in [1.807, 2.05) is 11.8 Å². The van der Waals surface area contributed by atoms with Crippen LogP contribution in [0.3, 0.4) is 0 Å². The number of nitrogens with zero attached hydrogens (tertiary/aromatic N) is 1. The Bertz CT molecular complexity index is 1010. The lowest BCUT2D eigenvalue weighted by atomic mass is 10.0. The number of hydrogen-bond donors (Lipinski definition) is 1. The van der Waals surface area contributed by atoms with Crippen LogP contribution >= 0.6 is 0 Å². The van der Waals surface area contributed by atoms with Gasteiger partial charge in [-0.05, 0) is 55.7 Å². The molecule has 0 unspecified atom stereocenters. The van der Waals surface area contributed by atoms with Gasteiger partial charge in [0.05, 0.1) is 0 Å². The van der Waals surface area contributed by atoms with Crippen LogP contribution < -0.4 is 14.8 Å². The number of rotatable bonds is 6. The van der Waals surface area contributed by atoms with E-state index in [9.17, 15) is 14.4 Å². The number of carbonyl (C=O) groups is 3. The first-order valence-corrected chi connectivity index (χ1v) is 10.6. The molecule has 2 aromatic rings. The fourth-order valence-electron chi connectivity index (χ4n) is 3.89. The van der Waals surface area contributed by atoms with E-state index < -0.39 is 0 Å². The van der Waals surface area contributed by atoms with Crippen molar-refractivity contribution in [1.29, 1.82) is 0 Å². The van der Waals surface area contributed by atoms with Crippen LogP contribution in [0.25, 0.3) is 0 Å². The van der Waals surface area contributed by atoms with Crippen molar-refractivity contribution in [2.24, 2.45) is 0 Å². The number of anilines is 1. The molecule has 1 N–H and O–H groups in total. The van der Waals surface area contributed by atoms with Crippen LogP contribution in [0.15, 0.2) is 36.4 Å². The number of carbonyl (C=O) groups excluding carboxylic acids is 3. The second kappa shape index (κ2) is 9.20. The Morgan fingerprint density at radius 2 is 1.71 bits per heavy atom. The zero-order chi connectivity index (χ0) is 21.8. The lowest BCUT2D eigenvalue weighted by Gasteiger charge is -2.19. The summed E-state index contributed by atoms with van der Waals surface area (Å²) in [7, 11) is 0. The van der Waals surface area contributed by atoms with Crippen molar-refractivity contribution in [1.82, 2.24) is 4.90 Å². The van der Waals surface area contributed by atoms with E-state index in [2.05, 4.69) is 5.32 Å². The monoisotopic (exact) mass is 422 g/mol. The van der Waals surface area contributed by atoms with Gasteiger partial charge in [-0.1, -0.05) is 6.07 Å². The molecular weight excluding hydrogens is 396 g/mol. The quantitative estimate of drug-likeness (QED) is 0.719. The van der Waals surface area contributed by atoms with E-state index in [1.54, 1.807) is 36.4 Å². The van der Waals surface area contributed by atoms with Gasteiger partial charge in [0.15, 0.2) is 17.3 Å². The van der Waals surface area contributed by atoms with E-state index in [0.29, 0.717) is 41.5 Å². The van der Waals surface area contributed by atoms with Crippen LogP contribution in [0.2, 0.25) is 0 Å². The molecule has 0 radical (unpaired) electrons. The lowest BCUT2D eigenvalue weighted by molar-refractivity contribution is -0.116. The van der Waals surface area contributed by atoms with Gasteiger partial charge in [-0.3, -0.25) is 14.4 Å². The van der Waals surface area contributed by atoms with Gasteiger partial charge in [0.2, 0.25) is 5.91 Å². The molecule has 0 aliphatic carbocycles. The van der Waals surface area contributed by atoms with Gasteiger partial charge in [0.1, 0.15) is 13.2 Å². The largest absolute Gasteiger partial charge is 0.486 e. The number of ether oxygens (including phenoxy) is 2. The van der Waals surface area contributed by atoms with Crippen LogP contribution in [-0.2, 0) is 4.79 Å². The second-order valence-electron chi connectivity index (χ2n) is 7.81. The number of fused-ring (bicyclic) bond motifs is 1. The topological polar surface area (TPSA) is 84.9 Å². The van der Waals surface area contributed by atoms with E-state index >= 15 is 0 Å². The molecule has 1 saturated heterocycles. The van der Waals surface area contributed by atoms with Crippen LogP contribution in [0, 0.1) is 6.92 Å². The minimum absolute atomic E-state index is 0.000107. The number of nitrogens with one attached hydrogen (secondary N) is 1. The number of amides is 2. The molecule has 31 heavy (non-hydrogen) atoms. The van der Waals surface area contributed by atoms with E-state index in [1.165, 1.54) is 0 Å². The summed E-state index contributed by atoms with van der Waals surface area (Å²) in [6.07, 6.45) is 2.19. The Kier molecular flexibility index (Phi) is 6.21. The predicted octanol–water partition coefficient (Wildman–Crippen LogP) is 3.60. The molecule has 2 aromatic carbocycles. The molecule has 2 amide bonds. The maximum atomic E-state index is 12.7. The van der Waals surface area contributed by atoms with Gasteiger partial charge in [-0.2, -0.15) is 0 Å². The summed E-state index contributed by atoms with van der Waals surface area (Å²) in [5.41, 5.74) is 2.44. The van der Waals surface area contributed by atoms with Gasteiger partial charge in [0.25, 0.3) is 5.91 Å². The molecular formula is C24H26N2O5. The van der Waals surface area contributed by atoms with Crippen molar-refractivity contribution in [2.75, 3.05) is 31.6 Å². The first kappa shape index (κ1) is 20.9. The van der Waals surface area contributed by atoms with Gasteiger partial charge in [0, 0.05) is 42.7 Å². The maximum Gasteiger partial charge on any atom is 0.254 e. The molecule has 4 rings (SSSR count). The molecule has 2 aliphatic rings. The standard InChI is InChI=1S/C24H26N2O5/c1-16-18(24(29)26-11-2-3-12-26)5-4-6-19(16)25-23(28)10-8-20(27)17-7-9-21-22(15-17)31-14-13-30-21/h4-7,9,15H,2-3,8,10-14H2,1H3,(H,25,28). The number of hydrogen-bond acceptors (Lipinski definition) is 5. The molecule has 0 aromatic heterocycles. The Morgan fingerprint density at radius 3 is 2.48 bits per heavy atom. The molecule has 0 spiro atoms. The van der Waals surface area contributed by atoms with Crippen molar-refractivity contribution in [3.05, 3.63) is 53.1 Å². The van der Waals surface area contributed by atoms with Crippen molar-refractivity contribution < 1.29 is 23.9 Å². The van der Waals surface area contributed by atoms with Crippen molar-refractivity contribution >= 4 is 23.3 Å². The SMILES string of the molecule is Cc1c(NC(=O)CCC(=O)c2ccc3c(c2)OCCO3)cccc1C(=O)N1CCCC1. The van der Waals surface area contributed by atoms with Gasteiger partial charge in [-0.25, -0.2) is 0 Å². The average molecular weight is 422 g/mol. The first-order valence-electron chi connectivity index (χ1n) is 10.6. The van der Waals surface area contributed by atoms with E-state index in [0.717, 1.165) is 31.5 Å². The van der Waals surface area contributed by atoms with Gasteiger partial charge < -0.3 is 19.7 Å². The van der Waals surface area contributed by atoms with Gasteiger partial charge in [-0.15, -0.1) is 0 Å². The molecule has 162 valence electrons. The molecule has 0 atom stereocenters. The number of benzene rings is 2. The highest BCUT2D eigenvalue weighted by Crippen LogP contribution is 2.31. The third-order valence-corrected chi connectivity index (χ3v) is 5.67. The molecule has 2 heterocycles. The summed E-state index contributed by atoms with van der Waals surface area (Å²) in [5, 5.41) is 2.85. The van der Waals surface area contributed by atoms with Crippen molar-refractivity contribution in [3.8, 4) is 11.5 Å². The highest BCUT2D eigenvalue weighted by Gasteiger charge is 2.22. The van der Waals surface area contributed by atoms with E-state index in [4.69, 9.17) is 9.47 Å². The molecule has 0 saturated carbocycles. The Morgan fingerprint density at radius 1 is 0.968 bits per heavy atom. The molecule has 1 fully saturated rings. The maximum absolute atomic E-state index is 12.7. The van der Waals surface area contributed by atoms with Gasteiger partial charge >= 0.3 is 0 Å². The third-order valence-electron chi connectivity index (χ3n) is 5.67. The Balaban J connectivity index is 1.36. The van der Waals surface area contributed by atoms with Crippen molar-refractivity contribution in [3.63, 3.8) is 0 Å². The molecule has 7 heteroatoms.